The van der Waals surface area contributed by atoms with Gasteiger partial charge in [-0.3, -0.25) is 9.59 Å². The van der Waals surface area contributed by atoms with E-state index in [0.717, 1.165) is 55.4 Å². The molecule has 0 radical (unpaired) electrons. The number of carbonyl (C=O) groups excluding carboxylic acids is 2. The van der Waals surface area contributed by atoms with Crippen molar-refractivity contribution in [3.63, 3.8) is 0 Å². The van der Waals surface area contributed by atoms with Gasteiger partial charge in [-0.15, -0.1) is 0 Å². The van der Waals surface area contributed by atoms with E-state index in [9.17, 15) is 14.7 Å². The lowest BCUT2D eigenvalue weighted by Gasteiger charge is -2.34. The number of fused-ring (bicyclic) bond motifs is 5. The molecule has 1 aliphatic heterocycles. The molecule has 1 heterocycles. The van der Waals surface area contributed by atoms with Gasteiger partial charge in [0.15, 0.2) is 5.78 Å². The van der Waals surface area contributed by atoms with E-state index in [1.54, 1.807) is 7.11 Å². The highest BCUT2D eigenvalue weighted by atomic mass is 16.5. The average molecular weight is 523 g/mol. The Hall–Kier alpha value is -2.44. The van der Waals surface area contributed by atoms with E-state index in [0.29, 0.717) is 18.4 Å². The lowest BCUT2D eigenvalue weighted by molar-refractivity contribution is -0.151. The summed E-state index contributed by atoms with van der Waals surface area (Å²) in [5, 5.41) is 10.4. The van der Waals surface area contributed by atoms with E-state index in [2.05, 4.69) is 25.2 Å². The number of esters is 1. The maximum atomic E-state index is 14.1. The Labute approximate surface area is 226 Å². The highest BCUT2D eigenvalue weighted by Gasteiger charge is 2.50. The summed E-state index contributed by atoms with van der Waals surface area (Å²) in [6, 6.07) is 7.83. The summed E-state index contributed by atoms with van der Waals surface area (Å²) in [7, 11) is 1.65. The van der Waals surface area contributed by atoms with Crippen molar-refractivity contribution in [2.24, 2.45) is 35.5 Å². The van der Waals surface area contributed by atoms with Crippen LogP contribution in [0.25, 0.3) is 0 Å². The molecule has 1 aromatic rings. The second-order valence-electron chi connectivity index (χ2n) is 11.7. The third-order valence-electron chi connectivity index (χ3n) is 9.43. The van der Waals surface area contributed by atoms with Crippen molar-refractivity contribution in [2.45, 2.75) is 83.7 Å². The summed E-state index contributed by atoms with van der Waals surface area (Å²) in [6.07, 6.45) is 10.8. The highest BCUT2D eigenvalue weighted by Crippen LogP contribution is 2.53. The van der Waals surface area contributed by atoms with Gasteiger partial charge in [-0.25, -0.2) is 0 Å². The zero-order valence-electron chi connectivity index (χ0n) is 22.9. The minimum atomic E-state index is -0.313. The molecule has 2 fully saturated rings. The van der Waals surface area contributed by atoms with Gasteiger partial charge in [-0.05, 0) is 85.5 Å². The normalized spacial score (nSPS) is 37.3. The largest absolute Gasteiger partial charge is 0.497 e. The summed E-state index contributed by atoms with van der Waals surface area (Å²) >= 11 is 0. The van der Waals surface area contributed by atoms with Crippen LogP contribution in [0.4, 0.5) is 0 Å². The monoisotopic (exact) mass is 522 g/mol. The zero-order chi connectivity index (χ0) is 26.8. The summed E-state index contributed by atoms with van der Waals surface area (Å²) in [5.41, 5.74) is 1.81. The van der Waals surface area contributed by atoms with Crippen molar-refractivity contribution in [1.29, 1.82) is 0 Å². The van der Waals surface area contributed by atoms with Gasteiger partial charge in [0.2, 0.25) is 0 Å². The number of allylic oxidation sites excluding steroid dienone is 4. The fourth-order valence-electron chi connectivity index (χ4n) is 7.25. The number of aliphatic hydroxyl groups is 1. The van der Waals surface area contributed by atoms with Crippen LogP contribution in [0.2, 0.25) is 0 Å². The SMILES string of the molecule is CC[C@H]1CCC[C@H](OCc2ccc(OC)cc2)[C@@H](C)C(=O)C2=C[C@@H]3[C@@H](C=C[C@@H]4C[C@@H](O)C[C@@H]34)[C@@H]2CC(=O)O1. The summed E-state index contributed by atoms with van der Waals surface area (Å²) < 4.78 is 17.6. The molecule has 1 N–H and O–H groups in total. The molecule has 0 aromatic heterocycles. The standard InChI is InChI=1S/C32H42O6/c1-4-23-6-5-7-30(37-18-20-8-11-24(36-3)12-9-20)19(2)32(35)29-16-27-25(28(29)17-31(34)38-23)13-10-21-14-22(33)15-26(21)27/h8-13,16,19,21-23,25-28,30,33H,4-7,14-15,17-18H2,1-3H3/t19-,21-,22-,23+,25-,26-,27-,28+,30+/m1/s1. The van der Waals surface area contributed by atoms with Crippen molar-refractivity contribution < 1.29 is 28.9 Å². The molecule has 4 aliphatic rings. The van der Waals surface area contributed by atoms with Gasteiger partial charge in [0.25, 0.3) is 0 Å². The number of cyclic esters (lactones) is 1. The molecule has 0 bridgehead atoms. The molecule has 1 aromatic carbocycles. The first-order valence-corrected chi connectivity index (χ1v) is 14.4. The Kier molecular flexibility index (Phi) is 8.39. The molecule has 1 saturated carbocycles. The number of carbonyl (C=O) groups is 2. The van der Waals surface area contributed by atoms with Crippen molar-refractivity contribution in [3.05, 3.63) is 53.6 Å². The van der Waals surface area contributed by atoms with E-state index in [1.807, 2.05) is 31.2 Å². The number of Topliss-reactive ketones (excluding diaryl/α,β-unsaturated/α-hetero) is 1. The molecular formula is C32H42O6. The van der Waals surface area contributed by atoms with E-state index in [1.165, 1.54) is 0 Å². The second kappa shape index (κ2) is 11.7. The van der Waals surface area contributed by atoms with Crippen molar-refractivity contribution >= 4 is 11.8 Å². The second-order valence-corrected chi connectivity index (χ2v) is 11.7. The predicted octanol–water partition coefficient (Wildman–Crippen LogP) is 5.43. The van der Waals surface area contributed by atoms with Crippen molar-refractivity contribution in [3.8, 4) is 5.75 Å². The van der Waals surface area contributed by atoms with Crippen LogP contribution in [0.15, 0.2) is 48.1 Å². The van der Waals surface area contributed by atoms with Crippen LogP contribution in [-0.2, 0) is 25.7 Å². The average Bonchev–Trinajstić information content (AvgIpc) is 3.48. The molecule has 0 amide bonds. The minimum Gasteiger partial charge on any atom is -0.497 e. The fourth-order valence-corrected chi connectivity index (χ4v) is 7.25. The highest BCUT2D eigenvalue weighted by molar-refractivity contribution is 5.99. The number of rotatable bonds is 5. The molecule has 1 saturated heterocycles. The minimum absolute atomic E-state index is 0.0908. The first kappa shape index (κ1) is 27.1. The number of benzene rings is 1. The van der Waals surface area contributed by atoms with Gasteiger partial charge < -0.3 is 19.3 Å². The number of ketones is 1. The van der Waals surface area contributed by atoms with Gasteiger partial charge in [-0.1, -0.05) is 44.2 Å². The molecule has 9 atom stereocenters. The van der Waals surface area contributed by atoms with Crippen LogP contribution in [0, 0.1) is 35.5 Å². The molecule has 0 unspecified atom stereocenters. The zero-order valence-corrected chi connectivity index (χ0v) is 22.9. The first-order chi connectivity index (χ1) is 18.4. The van der Waals surface area contributed by atoms with Crippen LogP contribution in [-0.4, -0.2) is 42.3 Å². The van der Waals surface area contributed by atoms with Crippen LogP contribution in [0.3, 0.4) is 0 Å². The van der Waals surface area contributed by atoms with Crippen molar-refractivity contribution in [1.82, 2.24) is 0 Å². The lowest BCUT2D eigenvalue weighted by Crippen LogP contribution is -2.34. The van der Waals surface area contributed by atoms with E-state index >= 15 is 0 Å². The van der Waals surface area contributed by atoms with Crippen LogP contribution in [0.5, 0.6) is 5.75 Å². The van der Waals surface area contributed by atoms with Gasteiger partial charge in [0.1, 0.15) is 11.9 Å². The lowest BCUT2D eigenvalue weighted by atomic mass is 9.70. The Morgan fingerprint density at radius 3 is 2.58 bits per heavy atom. The maximum absolute atomic E-state index is 14.1. The van der Waals surface area contributed by atoms with E-state index < -0.39 is 0 Å². The Bertz CT molecular complexity index is 1060. The van der Waals surface area contributed by atoms with Gasteiger partial charge in [-0.2, -0.15) is 0 Å². The number of methoxy groups -OCH3 is 1. The Morgan fingerprint density at radius 1 is 1.05 bits per heavy atom. The molecule has 206 valence electrons. The molecular weight excluding hydrogens is 480 g/mol. The number of hydrogen-bond acceptors (Lipinski definition) is 6. The summed E-state index contributed by atoms with van der Waals surface area (Å²) in [6.45, 7) is 4.47. The Morgan fingerprint density at radius 2 is 1.84 bits per heavy atom. The first-order valence-electron chi connectivity index (χ1n) is 14.4. The quantitative estimate of drug-likeness (QED) is 0.410. The maximum Gasteiger partial charge on any atom is 0.306 e. The predicted molar refractivity (Wildman–Crippen MR) is 144 cm³/mol. The number of ether oxygens (including phenoxy) is 3. The van der Waals surface area contributed by atoms with Crippen LogP contribution in [0.1, 0.15) is 64.4 Å². The molecule has 6 nitrogen and oxygen atoms in total. The molecule has 6 heteroatoms. The third kappa shape index (κ3) is 5.62. The Balaban J connectivity index is 1.40. The summed E-state index contributed by atoms with van der Waals surface area (Å²) in [4.78, 5) is 27.1. The van der Waals surface area contributed by atoms with E-state index in [4.69, 9.17) is 14.2 Å². The van der Waals surface area contributed by atoms with Crippen LogP contribution < -0.4 is 4.74 Å². The summed E-state index contributed by atoms with van der Waals surface area (Å²) in [5.74, 6) is 1.13. The van der Waals surface area contributed by atoms with Gasteiger partial charge in [0.05, 0.1) is 32.3 Å². The number of hydrogen-bond donors (Lipinski definition) is 1. The third-order valence-corrected chi connectivity index (χ3v) is 9.43. The molecule has 5 rings (SSSR count). The smallest absolute Gasteiger partial charge is 0.306 e. The van der Waals surface area contributed by atoms with E-state index in [-0.39, 0.29) is 60.2 Å². The van der Waals surface area contributed by atoms with Gasteiger partial charge >= 0.3 is 5.97 Å². The molecule has 38 heavy (non-hydrogen) atoms. The number of aliphatic hydroxyl groups excluding tert-OH is 1. The van der Waals surface area contributed by atoms with Crippen LogP contribution >= 0.6 is 0 Å². The molecule has 3 aliphatic carbocycles. The topological polar surface area (TPSA) is 82.1 Å². The van der Waals surface area contributed by atoms with Crippen molar-refractivity contribution in [2.75, 3.05) is 7.11 Å². The van der Waals surface area contributed by atoms with Gasteiger partial charge in [0, 0.05) is 11.8 Å². The molecule has 0 spiro atoms. The fraction of sp³-hybridized carbons (Fsp3) is 0.625.